The molecule has 0 aromatic carbocycles. The van der Waals surface area contributed by atoms with E-state index >= 15 is 0 Å². The van der Waals surface area contributed by atoms with Gasteiger partial charge in [-0.05, 0) is 25.3 Å². The highest BCUT2D eigenvalue weighted by molar-refractivity contribution is 5.28. The maximum atomic E-state index is 4.19. The van der Waals surface area contributed by atoms with Gasteiger partial charge in [-0.15, -0.1) is 0 Å². The van der Waals surface area contributed by atoms with Gasteiger partial charge in [0, 0.05) is 19.3 Å². The van der Waals surface area contributed by atoms with Crippen LogP contribution in [-0.2, 0) is 0 Å². The Morgan fingerprint density at radius 2 is 2.08 bits per heavy atom. The number of aromatic nitrogens is 2. The molecule has 0 amide bonds. The highest BCUT2D eigenvalue weighted by Gasteiger charge is 2.11. The van der Waals surface area contributed by atoms with Crippen molar-refractivity contribution in [2.45, 2.75) is 19.3 Å². The predicted molar refractivity (Wildman–Crippen MR) is 46.9 cm³/mol. The van der Waals surface area contributed by atoms with Gasteiger partial charge in [-0.25, -0.2) is 9.97 Å². The molecule has 1 aliphatic rings. The average molecular weight is 164 g/mol. The van der Waals surface area contributed by atoms with E-state index in [1.54, 1.807) is 12.3 Å². The molecule has 0 saturated carbocycles. The lowest BCUT2D eigenvalue weighted by Crippen LogP contribution is -2.30. The van der Waals surface area contributed by atoms with Crippen LogP contribution in [0.1, 0.15) is 19.3 Å². The van der Waals surface area contributed by atoms with Gasteiger partial charge in [0.05, 0.1) is 6.20 Å². The fraction of sp³-hybridized carbons (Fsp3) is 0.556. The van der Waals surface area contributed by atoms with Crippen molar-refractivity contribution in [1.82, 2.24) is 9.97 Å². The van der Waals surface area contributed by atoms with E-state index in [0.29, 0.717) is 0 Å². The molecule has 3 heteroatoms. The third-order valence-corrected chi connectivity index (χ3v) is 2.14. The quantitative estimate of drug-likeness (QED) is 0.625. The zero-order valence-electron chi connectivity index (χ0n) is 7.03. The summed E-state index contributed by atoms with van der Waals surface area (Å²) in [5.74, 6) is 0.831. The Balaban J connectivity index is 2.08. The van der Waals surface area contributed by atoms with Gasteiger partial charge in [0.15, 0.2) is 0 Å². The zero-order chi connectivity index (χ0) is 8.23. The molecule has 0 spiro atoms. The van der Waals surface area contributed by atoms with E-state index in [9.17, 15) is 0 Å². The number of hydrogen-bond donors (Lipinski definition) is 0. The normalized spacial score (nSPS) is 17.8. The first-order valence-electron chi connectivity index (χ1n) is 4.41. The second-order valence-corrected chi connectivity index (χ2v) is 3.03. The second kappa shape index (κ2) is 3.52. The molecule has 12 heavy (non-hydrogen) atoms. The number of piperidine rings is 1. The van der Waals surface area contributed by atoms with Crippen LogP contribution in [-0.4, -0.2) is 23.1 Å². The van der Waals surface area contributed by atoms with Crippen LogP contribution in [0.4, 0.5) is 5.95 Å². The first-order valence-corrected chi connectivity index (χ1v) is 4.41. The van der Waals surface area contributed by atoms with E-state index in [1.807, 2.05) is 0 Å². The average Bonchev–Trinajstić information content (AvgIpc) is 2.21. The van der Waals surface area contributed by atoms with Gasteiger partial charge in [-0.2, -0.15) is 0 Å². The lowest BCUT2D eigenvalue weighted by Gasteiger charge is -2.26. The number of rotatable bonds is 1. The Bertz CT molecular complexity index is 229. The molecular formula is C9H12N3. The van der Waals surface area contributed by atoms with E-state index in [1.165, 1.54) is 19.3 Å². The van der Waals surface area contributed by atoms with Crippen molar-refractivity contribution in [3.05, 3.63) is 18.5 Å². The molecule has 3 nitrogen and oxygen atoms in total. The highest BCUT2D eigenvalue weighted by atomic mass is 15.7. The van der Waals surface area contributed by atoms with Gasteiger partial charge in [0.2, 0.25) is 5.95 Å². The molecule has 1 aromatic rings. The second-order valence-electron chi connectivity index (χ2n) is 3.03. The fourth-order valence-electron chi connectivity index (χ4n) is 1.51. The summed E-state index contributed by atoms with van der Waals surface area (Å²) in [4.78, 5) is 10.5. The van der Waals surface area contributed by atoms with Gasteiger partial charge >= 0.3 is 0 Å². The molecule has 1 fully saturated rings. The predicted octanol–water partition coefficient (Wildman–Crippen LogP) is 1.27. The maximum absolute atomic E-state index is 4.19. The van der Waals surface area contributed by atoms with E-state index < -0.39 is 0 Å². The van der Waals surface area contributed by atoms with E-state index in [2.05, 4.69) is 21.1 Å². The van der Waals surface area contributed by atoms with Gasteiger partial charge in [0.25, 0.3) is 0 Å². The SMILES string of the molecule is [c]1ccn[14c](N2CCCCC2)n1. The fourth-order valence-corrected chi connectivity index (χ4v) is 1.51. The summed E-state index contributed by atoms with van der Waals surface area (Å²) in [7, 11) is 0. The topological polar surface area (TPSA) is 29.0 Å². The lowest BCUT2D eigenvalue weighted by molar-refractivity contribution is 0.568. The van der Waals surface area contributed by atoms with Crippen molar-refractivity contribution in [3.8, 4) is 0 Å². The molecule has 1 aliphatic heterocycles. The van der Waals surface area contributed by atoms with Crippen molar-refractivity contribution in [2.24, 2.45) is 0 Å². The summed E-state index contributed by atoms with van der Waals surface area (Å²) < 4.78 is 0. The molecular weight excluding hydrogens is 152 g/mol. The first kappa shape index (κ1) is 7.53. The van der Waals surface area contributed by atoms with Crippen LogP contribution in [0.25, 0.3) is 0 Å². The van der Waals surface area contributed by atoms with Crippen LogP contribution < -0.4 is 4.90 Å². The van der Waals surface area contributed by atoms with Crippen molar-refractivity contribution in [3.63, 3.8) is 0 Å². The van der Waals surface area contributed by atoms with Crippen LogP contribution in [0.5, 0.6) is 0 Å². The summed E-state index contributed by atoms with van der Waals surface area (Å²) in [5.41, 5.74) is 0. The summed E-state index contributed by atoms with van der Waals surface area (Å²) in [6.07, 6.45) is 8.42. The summed E-state index contributed by atoms with van der Waals surface area (Å²) >= 11 is 0. The Labute approximate surface area is 72.4 Å². The Kier molecular flexibility index (Phi) is 2.21. The third kappa shape index (κ3) is 1.55. The molecule has 1 radical (unpaired) electrons. The molecule has 63 valence electrons. The summed E-state index contributed by atoms with van der Waals surface area (Å²) in [6.45, 7) is 2.19. The number of nitrogens with zero attached hydrogens (tertiary/aromatic N) is 3. The molecule has 0 aliphatic carbocycles. The molecule has 0 bridgehead atoms. The molecule has 0 unspecified atom stereocenters. The van der Waals surface area contributed by atoms with Gasteiger partial charge in [0.1, 0.15) is 0 Å². The van der Waals surface area contributed by atoms with Crippen molar-refractivity contribution < 1.29 is 0 Å². The molecule has 0 N–H and O–H groups in total. The monoisotopic (exact) mass is 164 g/mol. The van der Waals surface area contributed by atoms with Crippen LogP contribution in [0.2, 0.25) is 0 Å². The largest absolute Gasteiger partial charge is 0.341 e. The van der Waals surface area contributed by atoms with Gasteiger partial charge < -0.3 is 4.90 Å². The van der Waals surface area contributed by atoms with Gasteiger partial charge in [-0.3, -0.25) is 0 Å². The van der Waals surface area contributed by atoms with Crippen LogP contribution in [0.15, 0.2) is 12.3 Å². The first-order chi connectivity index (χ1) is 5.97. The minimum atomic E-state index is 0.831. The third-order valence-electron chi connectivity index (χ3n) is 2.14. The van der Waals surface area contributed by atoms with Crippen molar-refractivity contribution in [1.29, 1.82) is 0 Å². The van der Waals surface area contributed by atoms with E-state index in [-0.39, 0.29) is 0 Å². The van der Waals surface area contributed by atoms with E-state index in [4.69, 9.17) is 0 Å². The summed E-state index contributed by atoms with van der Waals surface area (Å²) in [6, 6.07) is 1.73. The van der Waals surface area contributed by atoms with Crippen molar-refractivity contribution >= 4 is 5.95 Å². The van der Waals surface area contributed by atoms with Gasteiger partial charge in [-0.1, -0.05) is 0 Å². The Morgan fingerprint density at radius 1 is 1.25 bits per heavy atom. The molecule has 0 atom stereocenters. The van der Waals surface area contributed by atoms with Crippen LogP contribution in [0, 0.1) is 6.20 Å². The molecule has 1 saturated heterocycles. The Morgan fingerprint density at radius 3 is 2.75 bits per heavy atom. The molecule has 2 heterocycles. The molecule has 1 aromatic heterocycles. The standard InChI is InChI=1S/C9H12N3/c1-2-7-12(8-3-1)9-10-5-4-6-11-9/h4-5H,1-3,7-8H2/i9+2. The van der Waals surface area contributed by atoms with Crippen molar-refractivity contribution in [2.75, 3.05) is 18.0 Å². The number of hydrogen-bond acceptors (Lipinski definition) is 3. The van der Waals surface area contributed by atoms with E-state index in [0.717, 1.165) is 19.0 Å². The Hall–Kier alpha value is -1.12. The summed E-state index contributed by atoms with van der Waals surface area (Å²) in [5, 5.41) is 0. The zero-order valence-corrected chi connectivity index (χ0v) is 7.03. The minimum absolute atomic E-state index is 0.831. The number of anilines is 1. The maximum Gasteiger partial charge on any atom is 0.225 e. The minimum Gasteiger partial charge on any atom is -0.341 e. The smallest absolute Gasteiger partial charge is 0.225 e. The van der Waals surface area contributed by atoms with Crippen LogP contribution in [0.3, 0.4) is 0 Å². The lowest BCUT2D eigenvalue weighted by atomic mass is 10.2. The van der Waals surface area contributed by atoms with Crippen LogP contribution >= 0.6 is 0 Å². The molecule has 2 rings (SSSR count). The highest BCUT2D eigenvalue weighted by Crippen LogP contribution is 2.13.